The van der Waals surface area contributed by atoms with Gasteiger partial charge in [0.05, 0.1) is 15.6 Å². The second-order valence-electron chi connectivity index (χ2n) is 5.14. The van der Waals surface area contributed by atoms with E-state index in [0.29, 0.717) is 11.3 Å². The molecular weight excluding hydrogens is 332 g/mol. The number of sulfone groups is 1. The molecule has 2 aromatic rings. The van der Waals surface area contributed by atoms with Gasteiger partial charge < -0.3 is 5.32 Å². The maximum absolute atomic E-state index is 12.2. The van der Waals surface area contributed by atoms with Crippen LogP contribution in [0.15, 0.2) is 47.4 Å². The summed E-state index contributed by atoms with van der Waals surface area (Å²) in [7, 11) is -3.29. The summed E-state index contributed by atoms with van der Waals surface area (Å²) in [5.41, 5.74) is 1.05. The molecule has 1 amide bonds. The number of anilines is 1. The highest BCUT2D eigenvalue weighted by Crippen LogP contribution is 2.20. The van der Waals surface area contributed by atoms with E-state index in [1.807, 2.05) is 0 Å². The molecular formula is C16H16N2O5S. The first kappa shape index (κ1) is 17.6. The first-order chi connectivity index (χ1) is 11.2. The highest BCUT2D eigenvalue weighted by atomic mass is 32.2. The Morgan fingerprint density at radius 2 is 1.79 bits per heavy atom. The van der Waals surface area contributed by atoms with E-state index in [4.69, 9.17) is 0 Å². The highest BCUT2D eigenvalue weighted by molar-refractivity contribution is 7.91. The Bertz CT molecular complexity index is 889. The first-order valence-corrected chi connectivity index (χ1v) is 8.79. The molecule has 0 spiro atoms. The maximum Gasteiger partial charge on any atom is 0.272 e. The van der Waals surface area contributed by atoms with Crippen molar-refractivity contribution in [1.29, 1.82) is 0 Å². The Labute approximate surface area is 139 Å². The lowest BCUT2D eigenvalue weighted by Gasteiger charge is -2.07. The van der Waals surface area contributed by atoms with E-state index in [9.17, 15) is 23.3 Å². The third kappa shape index (κ3) is 3.77. The fourth-order valence-corrected chi connectivity index (χ4v) is 3.00. The number of carbonyl (C=O) groups excluding carboxylic acids is 1. The number of hydrogen-bond acceptors (Lipinski definition) is 5. The monoisotopic (exact) mass is 348 g/mol. The minimum Gasteiger partial charge on any atom is -0.322 e. The number of nitrogens with one attached hydrogen (secondary N) is 1. The largest absolute Gasteiger partial charge is 0.322 e. The number of benzene rings is 2. The zero-order chi connectivity index (χ0) is 17.9. The molecule has 0 aromatic heterocycles. The van der Waals surface area contributed by atoms with Gasteiger partial charge in [-0.2, -0.15) is 0 Å². The maximum atomic E-state index is 12.2. The van der Waals surface area contributed by atoms with Gasteiger partial charge in [0.1, 0.15) is 0 Å². The van der Waals surface area contributed by atoms with E-state index >= 15 is 0 Å². The molecule has 126 valence electrons. The standard InChI is InChI=1S/C16H16N2O5S/c1-3-24(22,23)14-7-5-13(6-8-14)17-16(19)12-4-9-15(18(20)21)11(2)10-12/h4-10H,3H2,1-2H3,(H,17,19). The molecule has 0 saturated carbocycles. The number of nitro benzene ring substituents is 1. The molecule has 0 aliphatic carbocycles. The van der Waals surface area contributed by atoms with Crippen molar-refractivity contribution in [1.82, 2.24) is 0 Å². The van der Waals surface area contributed by atoms with Crippen molar-refractivity contribution in [2.75, 3.05) is 11.1 Å². The third-order valence-corrected chi connectivity index (χ3v) is 5.26. The van der Waals surface area contributed by atoms with Gasteiger partial charge >= 0.3 is 0 Å². The summed E-state index contributed by atoms with van der Waals surface area (Å²) in [4.78, 5) is 22.7. The Hall–Kier alpha value is -2.74. The fraction of sp³-hybridized carbons (Fsp3) is 0.188. The predicted octanol–water partition coefficient (Wildman–Crippen LogP) is 2.95. The van der Waals surface area contributed by atoms with Crippen LogP contribution < -0.4 is 5.32 Å². The number of amides is 1. The van der Waals surface area contributed by atoms with Crippen molar-refractivity contribution in [2.45, 2.75) is 18.7 Å². The van der Waals surface area contributed by atoms with Crippen LogP contribution in [0.3, 0.4) is 0 Å². The third-order valence-electron chi connectivity index (χ3n) is 3.51. The Morgan fingerprint density at radius 1 is 1.17 bits per heavy atom. The molecule has 0 fully saturated rings. The summed E-state index contributed by atoms with van der Waals surface area (Å²) < 4.78 is 23.5. The van der Waals surface area contributed by atoms with Crippen LogP contribution in [-0.4, -0.2) is 25.0 Å². The zero-order valence-electron chi connectivity index (χ0n) is 13.1. The van der Waals surface area contributed by atoms with E-state index in [-0.39, 0.29) is 21.9 Å². The van der Waals surface area contributed by atoms with Crippen molar-refractivity contribution in [2.24, 2.45) is 0 Å². The van der Waals surface area contributed by atoms with Crippen LogP contribution in [0.25, 0.3) is 0 Å². The molecule has 0 atom stereocenters. The van der Waals surface area contributed by atoms with Crippen LogP contribution in [-0.2, 0) is 9.84 Å². The number of nitrogens with zero attached hydrogens (tertiary/aromatic N) is 1. The number of rotatable bonds is 5. The molecule has 7 nitrogen and oxygen atoms in total. The first-order valence-electron chi connectivity index (χ1n) is 7.14. The summed E-state index contributed by atoms with van der Waals surface area (Å²) >= 11 is 0. The fourth-order valence-electron chi connectivity index (χ4n) is 2.12. The van der Waals surface area contributed by atoms with Gasteiger partial charge in [-0.15, -0.1) is 0 Å². The summed E-state index contributed by atoms with van der Waals surface area (Å²) in [6.45, 7) is 3.11. The highest BCUT2D eigenvalue weighted by Gasteiger charge is 2.15. The second kappa shape index (κ2) is 6.79. The Balaban J connectivity index is 2.18. The van der Waals surface area contributed by atoms with Crippen LogP contribution in [0.2, 0.25) is 0 Å². The minimum absolute atomic E-state index is 0.000771. The number of hydrogen-bond donors (Lipinski definition) is 1. The lowest BCUT2D eigenvalue weighted by molar-refractivity contribution is -0.385. The molecule has 2 rings (SSSR count). The molecule has 0 bridgehead atoms. The van der Waals surface area contributed by atoms with Crippen LogP contribution in [0.1, 0.15) is 22.8 Å². The molecule has 2 aromatic carbocycles. The average molecular weight is 348 g/mol. The van der Waals surface area contributed by atoms with E-state index in [1.165, 1.54) is 42.5 Å². The Morgan fingerprint density at radius 3 is 2.29 bits per heavy atom. The molecule has 1 N–H and O–H groups in total. The molecule has 0 aliphatic heterocycles. The van der Waals surface area contributed by atoms with Crippen molar-refractivity contribution < 1.29 is 18.1 Å². The molecule has 0 heterocycles. The van der Waals surface area contributed by atoms with E-state index in [1.54, 1.807) is 13.8 Å². The van der Waals surface area contributed by atoms with Crippen molar-refractivity contribution in [3.63, 3.8) is 0 Å². The van der Waals surface area contributed by atoms with E-state index in [2.05, 4.69) is 5.32 Å². The van der Waals surface area contributed by atoms with Crippen LogP contribution in [0, 0.1) is 17.0 Å². The molecule has 0 aliphatic rings. The van der Waals surface area contributed by atoms with Gasteiger partial charge in [-0.3, -0.25) is 14.9 Å². The van der Waals surface area contributed by atoms with Crippen LogP contribution in [0.5, 0.6) is 0 Å². The van der Waals surface area contributed by atoms with Gasteiger partial charge in [0, 0.05) is 22.9 Å². The topological polar surface area (TPSA) is 106 Å². The number of aryl methyl sites for hydroxylation is 1. The number of carbonyl (C=O) groups is 1. The second-order valence-corrected chi connectivity index (χ2v) is 7.42. The van der Waals surface area contributed by atoms with Crippen molar-refractivity contribution in [3.8, 4) is 0 Å². The van der Waals surface area contributed by atoms with Gasteiger partial charge in [0.25, 0.3) is 11.6 Å². The van der Waals surface area contributed by atoms with Crippen LogP contribution >= 0.6 is 0 Å². The molecule has 0 radical (unpaired) electrons. The predicted molar refractivity (Wildman–Crippen MR) is 90.0 cm³/mol. The van der Waals surface area contributed by atoms with Gasteiger partial charge in [-0.25, -0.2) is 8.42 Å². The van der Waals surface area contributed by atoms with Crippen molar-refractivity contribution >= 4 is 27.1 Å². The molecule has 0 unspecified atom stereocenters. The number of nitro groups is 1. The minimum atomic E-state index is -3.29. The quantitative estimate of drug-likeness (QED) is 0.660. The summed E-state index contributed by atoms with van der Waals surface area (Å²) in [5.74, 6) is -0.431. The van der Waals surface area contributed by atoms with Gasteiger partial charge in [-0.05, 0) is 43.3 Å². The molecule has 0 saturated heterocycles. The van der Waals surface area contributed by atoms with Gasteiger partial charge in [-0.1, -0.05) is 6.92 Å². The Kier molecular flexibility index (Phi) is 4.99. The SMILES string of the molecule is CCS(=O)(=O)c1ccc(NC(=O)c2ccc([N+](=O)[O-])c(C)c2)cc1. The summed E-state index contributed by atoms with van der Waals surface area (Å²) in [6, 6.07) is 9.93. The van der Waals surface area contributed by atoms with Gasteiger partial charge in [0.15, 0.2) is 9.84 Å². The van der Waals surface area contributed by atoms with Crippen LogP contribution in [0.4, 0.5) is 11.4 Å². The average Bonchev–Trinajstić information content (AvgIpc) is 2.54. The van der Waals surface area contributed by atoms with Crippen molar-refractivity contribution in [3.05, 3.63) is 63.7 Å². The summed E-state index contributed by atoms with van der Waals surface area (Å²) in [5, 5.41) is 13.4. The smallest absolute Gasteiger partial charge is 0.272 e. The lowest BCUT2D eigenvalue weighted by Crippen LogP contribution is -2.12. The normalized spacial score (nSPS) is 11.1. The molecule has 8 heteroatoms. The van der Waals surface area contributed by atoms with Gasteiger partial charge in [0.2, 0.25) is 0 Å². The molecule has 24 heavy (non-hydrogen) atoms. The lowest BCUT2D eigenvalue weighted by atomic mass is 10.1. The van der Waals surface area contributed by atoms with E-state index in [0.717, 1.165) is 0 Å². The zero-order valence-corrected chi connectivity index (χ0v) is 14.0. The van der Waals surface area contributed by atoms with E-state index < -0.39 is 20.7 Å². The summed E-state index contributed by atoms with van der Waals surface area (Å²) in [6.07, 6.45) is 0.